The van der Waals surface area contributed by atoms with Gasteiger partial charge in [0.1, 0.15) is 5.69 Å². The molecule has 1 fully saturated rings. The summed E-state index contributed by atoms with van der Waals surface area (Å²) < 4.78 is 1.55. The van der Waals surface area contributed by atoms with Gasteiger partial charge in [-0.25, -0.2) is 4.79 Å². The highest BCUT2D eigenvalue weighted by Gasteiger charge is 2.18. The fraction of sp³-hybridized carbons (Fsp3) is 0.500. The van der Waals surface area contributed by atoms with Gasteiger partial charge in [-0.2, -0.15) is 0 Å². The molecule has 1 aliphatic heterocycles. The van der Waals surface area contributed by atoms with Crippen LogP contribution >= 0.6 is 0 Å². The van der Waals surface area contributed by atoms with Crippen molar-refractivity contribution in [3.8, 4) is 0 Å². The van der Waals surface area contributed by atoms with E-state index in [-0.39, 0.29) is 6.03 Å². The van der Waals surface area contributed by atoms with E-state index in [1.54, 1.807) is 15.8 Å². The Hall–Kier alpha value is -1.92. The fourth-order valence-electron chi connectivity index (χ4n) is 1.42. The molecule has 2 heterocycles. The zero-order valence-electron chi connectivity index (χ0n) is 8.09. The van der Waals surface area contributed by atoms with Crippen molar-refractivity contribution in [2.45, 2.75) is 6.54 Å². The largest absolute Gasteiger partial charge is 0.336 e. The van der Waals surface area contributed by atoms with E-state index in [1.165, 1.54) is 0 Å². The molecule has 1 aromatic heterocycles. The van der Waals surface area contributed by atoms with Crippen molar-refractivity contribution in [3.05, 3.63) is 11.9 Å². The van der Waals surface area contributed by atoms with Crippen molar-refractivity contribution >= 4 is 12.3 Å². The molecular weight excluding hydrogens is 198 g/mol. The first kappa shape index (κ1) is 9.63. The Morgan fingerprint density at radius 1 is 1.53 bits per heavy atom. The molecule has 2 rings (SSSR count). The van der Waals surface area contributed by atoms with E-state index in [2.05, 4.69) is 15.6 Å². The smallest absolute Gasteiger partial charge is 0.317 e. The molecule has 0 atom stereocenters. The van der Waals surface area contributed by atoms with E-state index in [4.69, 9.17) is 0 Å². The summed E-state index contributed by atoms with van der Waals surface area (Å²) >= 11 is 0. The molecule has 1 aromatic rings. The van der Waals surface area contributed by atoms with Crippen LogP contribution in [0.1, 0.15) is 10.5 Å². The topological polar surface area (TPSA) is 80.1 Å². The van der Waals surface area contributed by atoms with Crippen molar-refractivity contribution in [1.82, 2.24) is 25.2 Å². The second-order valence-corrected chi connectivity index (χ2v) is 3.24. The maximum atomic E-state index is 11.2. The van der Waals surface area contributed by atoms with Crippen LogP contribution in [0.4, 0.5) is 4.79 Å². The van der Waals surface area contributed by atoms with Gasteiger partial charge in [-0.05, 0) is 0 Å². The van der Waals surface area contributed by atoms with E-state index in [0.717, 1.165) is 0 Å². The summed E-state index contributed by atoms with van der Waals surface area (Å²) in [5, 5.41) is 10.1. The monoisotopic (exact) mass is 209 g/mol. The summed E-state index contributed by atoms with van der Waals surface area (Å²) in [6.45, 7) is 2.53. The van der Waals surface area contributed by atoms with Crippen LogP contribution in [0.2, 0.25) is 0 Å². The summed E-state index contributed by atoms with van der Waals surface area (Å²) in [7, 11) is 0. The molecular formula is C8H11N5O2. The van der Waals surface area contributed by atoms with Crippen LogP contribution in [0.5, 0.6) is 0 Å². The highest BCUT2D eigenvalue weighted by atomic mass is 16.2. The lowest BCUT2D eigenvalue weighted by molar-refractivity contribution is 0.111. The summed E-state index contributed by atoms with van der Waals surface area (Å²) in [6, 6.07) is -0.0503. The average molecular weight is 209 g/mol. The first-order valence-corrected chi connectivity index (χ1v) is 4.67. The Kier molecular flexibility index (Phi) is 2.61. The summed E-state index contributed by atoms with van der Waals surface area (Å²) in [6.07, 6.45) is 2.20. The number of carbonyl (C=O) groups excluding carboxylic acids is 2. The zero-order valence-corrected chi connectivity index (χ0v) is 8.09. The first-order chi connectivity index (χ1) is 7.29. The second-order valence-electron chi connectivity index (χ2n) is 3.24. The number of urea groups is 1. The van der Waals surface area contributed by atoms with Crippen molar-refractivity contribution in [2.24, 2.45) is 0 Å². The number of aromatic nitrogens is 3. The molecule has 15 heavy (non-hydrogen) atoms. The van der Waals surface area contributed by atoms with Gasteiger partial charge in [0.05, 0.1) is 12.7 Å². The summed E-state index contributed by atoms with van der Waals surface area (Å²) in [5.41, 5.74) is 0.306. The summed E-state index contributed by atoms with van der Waals surface area (Å²) in [5.74, 6) is 0. The highest BCUT2D eigenvalue weighted by molar-refractivity contribution is 5.76. The molecule has 1 N–H and O–H groups in total. The Balaban J connectivity index is 1.87. The van der Waals surface area contributed by atoms with Gasteiger partial charge < -0.3 is 10.2 Å². The number of hydrogen-bond donors (Lipinski definition) is 1. The normalized spacial score (nSPS) is 15.5. The molecule has 0 radical (unpaired) electrons. The predicted molar refractivity (Wildman–Crippen MR) is 50.4 cm³/mol. The van der Waals surface area contributed by atoms with Gasteiger partial charge in [0.25, 0.3) is 0 Å². The van der Waals surface area contributed by atoms with Crippen LogP contribution < -0.4 is 5.32 Å². The van der Waals surface area contributed by atoms with Crippen molar-refractivity contribution in [3.63, 3.8) is 0 Å². The minimum absolute atomic E-state index is 0.0503. The number of hydrogen-bond acceptors (Lipinski definition) is 4. The Bertz CT molecular complexity index is 375. The number of rotatable bonds is 4. The molecule has 0 aromatic carbocycles. The SMILES string of the molecule is O=Cc1cn(CCN2CCNC2=O)nn1. The number of amides is 2. The Labute approximate surface area is 86.0 Å². The molecule has 2 amide bonds. The van der Waals surface area contributed by atoms with Crippen molar-refractivity contribution in [2.75, 3.05) is 19.6 Å². The van der Waals surface area contributed by atoms with Crippen LogP contribution in [0, 0.1) is 0 Å². The molecule has 7 nitrogen and oxygen atoms in total. The molecule has 7 heteroatoms. The second kappa shape index (κ2) is 4.07. The van der Waals surface area contributed by atoms with E-state index >= 15 is 0 Å². The molecule has 80 valence electrons. The van der Waals surface area contributed by atoms with Gasteiger partial charge >= 0.3 is 6.03 Å². The molecule has 1 saturated heterocycles. The lowest BCUT2D eigenvalue weighted by Crippen LogP contribution is -2.31. The van der Waals surface area contributed by atoms with Crippen LogP contribution in [-0.4, -0.2) is 51.8 Å². The van der Waals surface area contributed by atoms with E-state index in [1.807, 2.05) is 0 Å². The minimum Gasteiger partial charge on any atom is -0.336 e. The zero-order chi connectivity index (χ0) is 10.7. The van der Waals surface area contributed by atoms with Gasteiger partial charge in [0, 0.05) is 19.6 Å². The summed E-state index contributed by atoms with van der Waals surface area (Å²) in [4.78, 5) is 23.2. The molecule has 0 spiro atoms. The number of nitrogens with one attached hydrogen (secondary N) is 1. The fourth-order valence-corrected chi connectivity index (χ4v) is 1.42. The van der Waals surface area contributed by atoms with Crippen molar-refractivity contribution in [1.29, 1.82) is 0 Å². The quantitative estimate of drug-likeness (QED) is 0.653. The maximum absolute atomic E-state index is 11.2. The van der Waals surface area contributed by atoms with E-state index < -0.39 is 0 Å². The molecule has 1 aliphatic rings. The predicted octanol–water partition coefficient (Wildman–Crippen LogP) is -0.884. The lowest BCUT2D eigenvalue weighted by atomic mass is 10.5. The molecule has 0 saturated carbocycles. The van der Waals surface area contributed by atoms with E-state index in [0.29, 0.717) is 38.2 Å². The van der Waals surface area contributed by atoms with Crippen LogP contribution in [0.25, 0.3) is 0 Å². The lowest BCUT2D eigenvalue weighted by Gasteiger charge is -2.12. The van der Waals surface area contributed by atoms with Gasteiger partial charge in [-0.1, -0.05) is 5.21 Å². The van der Waals surface area contributed by atoms with Gasteiger partial charge in [-0.15, -0.1) is 5.10 Å². The number of carbonyl (C=O) groups is 2. The Morgan fingerprint density at radius 3 is 3.00 bits per heavy atom. The number of nitrogens with zero attached hydrogens (tertiary/aromatic N) is 4. The minimum atomic E-state index is -0.0503. The van der Waals surface area contributed by atoms with Gasteiger partial charge in [0.15, 0.2) is 6.29 Å². The van der Waals surface area contributed by atoms with E-state index in [9.17, 15) is 9.59 Å². The Morgan fingerprint density at radius 2 is 2.40 bits per heavy atom. The van der Waals surface area contributed by atoms with Crippen molar-refractivity contribution < 1.29 is 9.59 Å². The maximum Gasteiger partial charge on any atom is 0.317 e. The third-order valence-electron chi connectivity index (χ3n) is 2.22. The van der Waals surface area contributed by atoms with Gasteiger partial charge in [0.2, 0.25) is 0 Å². The third-order valence-corrected chi connectivity index (χ3v) is 2.22. The highest BCUT2D eigenvalue weighted by Crippen LogP contribution is 1.97. The average Bonchev–Trinajstić information content (AvgIpc) is 2.84. The first-order valence-electron chi connectivity index (χ1n) is 4.67. The number of aldehydes is 1. The molecule has 0 bridgehead atoms. The molecule has 0 unspecified atom stereocenters. The molecule has 0 aliphatic carbocycles. The van der Waals surface area contributed by atoms with Crippen LogP contribution in [0.15, 0.2) is 6.20 Å². The van der Waals surface area contributed by atoms with Crippen LogP contribution in [-0.2, 0) is 6.54 Å². The third kappa shape index (κ3) is 2.12. The van der Waals surface area contributed by atoms with Crippen LogP contribution in [0.3, 0.4) is 0 Å². The van der Waals surface area contributed by atoms with Gasteiger partial charge in [-0.3, -0.25) is 9.48 Å². The standard InChI is InChI=1S/C8H11N5O2/c14-6-7-5-13(11-10-7)4-3-12-2-1-9-8(12)15/h5-6H,1-4H2,(H,9,15).